The first-order valence-corrected chi connectivity index (χ1v) is 7.84. The Morgan fingerprint density at radius 3 is 2.95 bits per heavy atom. The largest absolute Gasteiger partial charge is 0.332 e. The molecule has 0 unspecified atom stereocenters. The molecule has 0 atom stereocenters. The standard InChI is InChI=1S/C15H14ClN3OS/c1-2-18(10-11-6-7-13(16)21-11)15(20)12-9-17-14-5-3-4-8-19(12)14/h3-9H,2,10H2,1H3. The van der Waals surface area contributed by atoms with E-state index in [1.165, 1.54) is 11.3 Å². The predicted octanol–water partition coefficient (Wildman–Crippen LogP) is 3.71. The molecular formula is C15H14ClN3OS. The molecule has 108 valence electrons. The quantitative estimate of drug-likeness (QED) is 0.735. The second-order valence-electron chi connectivity index (χ2n) is 4.60. The van der Waals surface area contributed by atoms with Crippen molar-refractivity contribution in [3.05, 3.63) is 57.6 Å². The molecule has 0 saturated carbocycles. The normalized spacial score (nSPS) is 11.0. The van der Waals surface area contributed by atoms with Crippen molar-refractivity contribution in [2.24, 2.45) is 0 Å². The molecule has 0 fully saturated rings. The average Bonchev–Trinajstić information content (AvgIpc) is 3.10. The third-order valence-corrected chi connectivity index (χ3v) is 4.50. The number of halogens is 1. The van der Waals surface area contributed by atoms with Crippen molar-refractivity contribution < 1.29 is 4.79 Å². The average molecular weight is 320 g/mol. The van der Waals surface area contributed by atoms with E-state index in [1.807, 2.05) is 47.9 Å². The molecule has 0 aliphatic rings. The van der Waals surface area contributed by atoms with Crippen LogP contribution in [0.15, 0.2) is 42.7 Å². The Hall–Kier alpha value is -1.85. The van der Waals surface area contributed by atoms with Crippen molar-refractivity contribution in [1.82, 2.24) is 14.3 Å². The number of fused-ring (bicyclic) bond motifs is 1. The molecular weight excluding hydrogens is 306 g/mol. The molecule has 0 N–H and O–H groups in total. The van der Waals surface area contributed by atoms with Crippen LogP contribution in [0.4, 0.5) is 0 Å². The zero-order chi connectivity index (χ0) is 14.8. The van der Waals surface area contributed by atoms with Gasteiger partial charge in [-0.2, -0.15) is 0 Å². The second kappa shape index (κ2) is 5.87. The summed E-state index contributed by atoms with van der Waals surface area (Å²) in [4.78, 5) is 19.8. The highest BCUT2D eigenvalue weighted by Gasteiger charge is 2.19. The topological polar surface area (TPSA) is 37.6 Å². The zero-order valence-corrected chi connectivity index (χ0v) is 13.1. The fourth-order valence-electron chi connectivity index (χ4n) is 2.20. The van der Waals surface area contributed by atoms with Gasteiger partial charge in [0.2, 0.25) is 0 Å². The van der Waals surface area contributed by atoms with Crippen LogP contribution in [0.25, 0.3) is 5.65 Å². The molecule has 3 aromatic heterocycles. The van der Waals surface area contributed by atoms with Crippen LogP contribution in [-0.4, -0.2) is 26.7 Å². The Balaban J connectivity index is 1.88. The molecule has 3 aromatic rings. The van der Waals surface area contributed by atoms with Crippen LogP contribution < -0.4 is 0 Å². The van der Waals surface area contributed by atoms with Gasteiger partial charge in [-0.25, -0.2) is 4.98 Å². The Kier molecular flexibility index (Phi) is 3.94. The highest BCUT2D eigenvalue weighted by molar-refractivity contribution is 7.16. The minimum Gasteiger partial charge on any atom is -0.332 e. The van der Waals surface area contributed by atoms with E-state index in [2.05, 4.69) is 4.98 Å². The van der Waals surface area contributed by atoms with Crippen LogP contribution in [0.2, 0.25) is 4.34 Å². The van der Waals surface area contributed by atoms with Crippen LogP contribution in [-0.2, 0) is 6.54 Å². The maximum atomic E-state index is 12.7. The van der Waals surface area contributed by atoms with Gasteiger partial charge in [-0.1, -0.05) is 17.7 Å². The minimum atomic E-state index is -0.0271. The molecule has 1 amide bonds. The highest BCUT2D eigenvalue weighted by Crippen LogP contribution is 2.23. The zero-order valence-electron chi connectivity index (χ0n) is 11.5. The van der Waals surface area contributed by atoms with Gasteiger partial charge in [0.15, 0.2) is 0 Å². The summed E-state index contributed by atoms with van der Waals surface area (Å²) in [6.07, 6.45) is 3.48. The van der Waals surface area contributed by atoms with Gasteiger partial charge >= 0.3 is 0 Å². The third-order valence-electron chi connectivity index (χ3n) is 3.28. The summed E-state index contributed by atoms with van der Waals surface area (Å²) >= 11 is 7.44. The Morgan fingerprint density at radius 1 is 1.38 bits per heavy atom. The predicted molar refractivity (Wildman–Crippen MR) is 84.9 cm³/mol. The molecule has 0 aliphatic carbocycles. The minimum absolute atomic E-state index is 0.0271. The fourth-order valence-corrected chi connectivity index (χ4v) is 3.31. The molecule has 0 radical (unpaired) electrons. The summed E-state index contributed by atoms with van der Waals surface area (Å²) in [5.74, 6) is -0.0271. The van der Waals surface area contributed by atoms with E-state index in [-0.39, 0.29) is 5.91 Å². The second-order valence-corrected chi connectivity index (χ2v) is 6.40. The van der Waals surface area contributed by atoms with Crippen molar-refractivity contribution in [2.45, 2.75) is 13.5 Å². The van der Waals surface area contributed by atoms with Crippen LogP contribution in [0.3, 0.4) is 0 Å². The number of amides is 1. The van der Waals surface area contributed by atoms with Crippen molar-refractivity contribution in [3.63, 3.8) is 0 Å². The summed E-state index contributed by atoms with van der Waals surface area (Å²) in [6.45, 7) is 3.16. The van der Waals surface area contributed by atoms with E-state index < -0.39 is 0 Å². The lowest BCUT2D eigenvalue weighted by atomic mass is 10.3. The van der Waals surface area contributed by atoms with Crippen molar-refractivity contribution in [3.8, 4) is 0 Å². The van der Waals surface area contributed by atoms with Crippen LogP contribution >= 0.6 is 22.9 Å². The smallest absolute Gasteiger partial charge is 0.272 e. The fraction of sp³-hybridized carbons (Fsp3) is 0.200. The number of hydrogen-bond donors (Lipinski definition) is 0. The summed E-state index contributed by atoms with van der Waals surface area (Å²) in [5, 5.41) is 0. The van der Waals surface area contributed by atoms with E-state index in [4.69, 9.17) is 11.6 Å². The maximum Gasteiger partial charge on any atom is 0.272 e. The van der Waals surface area contributed by atoms with Gasteiger partial charge in [-0.05, 0) is 31.2 Å². The van der Waals surface area contributed by atoms with Gasteiger partial charge in [0.05, 0.1) is 17.1 Å². The van der Waals surface area contributed by atoms with Gasteiger partial charge in [0.25, 0.3) is 5.91 Å². The van der Waals surface area contributed by atoms with E-state index in [0.717, 1.165) is 14.9 Å². The lowest BCUT2D eigenvalue weighted by Crippen LogP contribution is -2.30. The molecule has 3 heterocycles. The van der Waals surface area contributed by atoms with Gasteiger partial charge in [-0.15, -0.1) is 11.3 Å². The summed E-state index contributed by atoms with van der Waals surface area (Å²) in [6, 6.07) is 9.49. The molecule has 0 saturated heterocycles. The molecule has 0 spiro atoms. The van der Waals surface area contributed by atoms with Gasteiger partial charge < -0.3 is 4.90 Å². The molecule has 4 nitrogen and oxygen atoms in total. The Bertz CT molecular complexity index is 780. The molecule has 0 aromatic carbocycles. The maximum absolute atomic E-state index is 12.7. The van der Waals surface area contributed by atoms with Gasteiger partial charge in [0.1, 0.15) is 11.3 Å². The van der Waals surface area contributed by atoms with Gasteiger partial charge in [0, 0.05) is 17.6 Å². The lowest BCUT2D eigenvalue weighted by Gasteiger charge is -2.19. The van der Waals surface area contributed by atoms with Crippen LogP contribution in [0.5, 0.6) is 0 Å². The SMILES string of the molecule is CCN(Cc1ccc(Cl)s1)C(=O)c1cnc2ccccn12. The number of imidazole rings is 1. The number of hydrogen-bond acceptors (Lipinski definition) is 3. The number of rotatable bonds is 4. The summed E-state index contributed by atoms with van der Waals surface area (Å²) < 4.78 is 2.55. The first-order chi connectivity index (χ1) is 10.2. The van der Waals surface area contributed by atoms with E-state index >= 15 is 0 Å². The summed E-state index contributed by atoms with van der Waals surface area (Å²) in [7, 11) is 0. The van der Waals surface area contributed by atoms with Crippen molar-refractivity contribution in [2.75, 3.05) is 6.54 Å². The molecule has 0 aliphatic heterocycles. The molecule has 3 rings (SSSR count). The van der Waals surface area contributed by atoms with Crippen LogP contribution in [0.1, 0.15) is 22.3 Å². The van der Waals surface area contributed by atoms with Gasteiger partial charge in [-0.3, -0.25) is 9.20 Å². The lowest BCUT2D eigenvalue weighted by molar-refractivity contribution is 0.0747. The molecule has 21 heavy (non-hydrogen) atoms. The first-order valence-electron chi connectivity index (χ1n) is 6.64. The van der Waals surface area contributed by atoms with E-state index in [9.17, 15) is 4.79 Å². The first kappa shape index (κ1) is 14.1. The van der Waals surface area contributed by atoms with E-state index in [1.54, 1.807) is 11.1 Å². The van der Waals surface area contributed by atoms with Crippen molar-refractivity contribution in [1.29, 1.82) is 0 Å². The number of thiophene rings is 1. The van der Waals surface area contributed by atoms with Crippen molar-refractivity contribution >= 4 is 34.5 Å². The number of pyridine rings is 1. The number of carbonyl (C=O) groups is 1. The molecule has 6 heteroatoms. The number of carbonyl (C=O) groups excluding carboxylic acids is 1. The third kappa shape index (κ3) is 2.80. The Labute approximate surface area is 131 Å². The monoisotopic (exact) mass is 319 g/mol. The molecule has 0 bridgehead atoms. The van der Waals surface area contributed by atoms with E-state index in [0.29, 0.717) is 18.8 Å². The number of nitrogens with zero attached hydrogens (tertiary/aromatic N) is 3. The highest BCUT2D eigenvalue weighted by atomic mass is 35.5. The number of aromatic nitrogens is 2. The Morgan fingerprint density at radius 2 is 2.24 bits per heavy atom. The summed E-state index contributed by atoms with van der Waals surface area (Å²) in [5.41, 5.74) is 1.35. The van der Waals surface area contributed by atoms with Crippen LogP contribution in [0, 0.1) is 0 Å².